The lowest BCUT2D eigenvalue weighted by molar-refractivity contribution is -0.138. The van der Waals surface area contributed by atoms with Crippen molar-refractivity contribution in [1.82, 2.24) is 9.97 Å². The highest BCUT2D eigenvalue weighted by Crippen LogP contribution is 2.41. The summed E-state index contributed by atoms with van der Waals surface area (Å²) in [6.07, 6.45) is -0.146. The summed E-state index contributed by atoms with van der Waals surface area (Å²) in [5.41, 5.74) is 0.406. The first-order valence-electron chi connectivity index (χ1n) is 8.60. The Labute approximate surface area is 149 Å². The lowest BCUT2D eigenvalue weighted by atomic mass is 10.1. The number of hydrogen-bond acceptors (Lipinski definition) is 5. The van der Waals surface area contributed by atoms with Crippen molar-refractivity contribution < 1.29 is 17.9 Å². The summed E-state index contributed by atoms with van der Waals surface area (Å²) in [6.45, 7) is 0. The smallest absolute Gasteiger partial charge is 0.420 e. The molecule has 5 nitrogen and oxygen atoms in total. The highest BCUT2D eigenvalue weighted by Gasteiger charge is 2.34. The summed E-state index contributed by atoms with van der Waals surface area (Å²) in [4.78, 5) is 8.95. The van der Waals surface area contributed by atoms with E-state index in [4.69, 9.17) is 4.74 Å². The summed E-state index contributed by atoms with van der Waals surface area (Å²) in [6, 6.07) is 6.09. The standard InChI is InChI=1S/C18H19F3N4O/c1-26-15-7-6-12(8-13(15)18(19,20)21)22-16-9-14(10-2-3-10)24-17(25-16)23-11-4-5-11/h6-11H,2-5H2,1H3,(H2,22,23,24,25). The Balaban J connectivity index is 1.62. The third-order valence-electron chi connectivity index (χ3n) is 4.43. The van der Waals surface area contributed by atoms with Crippen LogP contribution in [0.2, 0.25) is 0 Å². The molecule has 0 saturated heterocycles. The summed E-state index contributed by atoms with van der Waals surface area (Å²) in [5.74, 6) is 1.23. The van der Waals surface area contributed by atoms with Crippen LogP contribution in [0.3, 0.4) is 0 Å². The highest BCUT2D eigenvalue weighted by atomic mass is 19.4. The molecule has 8 heteroatoms. The number of aromatic nitrogens is 2. The van der Waals surface area contributed by atoms with Crippen molar-refractivity contribution in [2.75, 3.05) is 17.7 Å². The van der Waals surface area contributed by atoms with Gasteiger partial charge in [0.25, 0.3) is 0 Å². The molecule has 2 aliphatic rings. The average molecular weight is 364 g/mol. The van der Waals surface area contributed by atoms with Crippen molar-refractivity contribution in [2.24, 2.45) is 0 Å². The molecule has 0 aliphatic heterocycles. The molecule has 1 aromatic carbocycles. The van der Waals surface area contributed by atoms with Gasteiger partial charge in [-0.15, -0.1) is 0 Å². The quantitative estimate of drug-likeness (QED) is 0.778. The zero-order valence-corrected chi connectivity index (χ0v) is 14.2. The lowest BCUT2D eigenvalue weighted by Crippen LogP contribution is -2.10. The molecule has 26 heavy (non-hydrogen) atoms. The van der Waals surface area contributed by atoms with Gasteiger partial charge in [-0.1, -0.05) is 0 Å². The molecule has 0 unspecified atom stereocenters. The summed E-state index contributed by atoms with van der Waals surface area (Å²) >= 11 is 0. The number of alkyl halides is 3. The van der Waals surface area contributed by atoms with E-state index in [1.54, 1.807) is 6.07 Å². The number of methoxy groups -OCH3 is 1. The van der Waals surface area contributed by atoms with Gasteiger partial charge in [0.05, 0.1) is 18.4 Å². The largest absolute Gasteiger partial charge is 0.496 e. The number of nitrogens with zero attached hydrogens (tertiary/aromatic N) is 2. The van der Waals surface area contributed by atoms with Crippen LogP contribution in [0.1, 0.15) is 42.9 Å². The van der Waals surface area contributed by atoms with Crippen molar-refractivity contribution >= 4 is 17.5 Å². The number of halogens is 3. The molecule has 2 fully saturated rings. The zero-order valence-electron chi connectivity index (χ0n) is 14.2. The monoisotopic (exact) mass is 364 g/mol. The van der Waals surface area contributed by atoms with Crippen molar-refractivity contribution in [1.29, 1.82) is 0 Å². The van der Waals surface area contributed by atoms with Crippen LogP contribution < -0.4 is 15.4 Å². The van der Waals surface area contributed by atoms with Gasteiger partial charge in [-0.3, -0.25) is 0 Å². The minimum atomic E-state index is -4.49. The fraction of sp³-hybridized carbons (Fsp3) is 0.444. The average Bonchev–Trinajstić information content (AvgIpc) is 3.47. The predicted octanol–water partition coefficient (Wildman–Crippen LogP) is 4.70. The van der Waals surface area contributed by atoms with Gasteiger partial charge < -0.3 is 15.4 Å². The molecule has 0 atom stereocenters. The van der Waals surface area contributed by atoms with Gasteiger partial charge in [-0.25, -0.2) is 4.98 Å². The Morgan fingerprint density at radius 1 is 1.08 bits per heavy atom. The molecule has 0 amide bonds. The molecule has 2 aromatic rings. The topological polar surface area (TPSA) is 59.1 Å². The maximum absolute atomic E-state index is 13.2. The molecular weight excluding hydrogens is 345 g/mol. The first kappa shape index (κ1) is 16.9. The summed E-state index contributed by atoms with van der Waals surface area (Å²) < 4.78 is 44.4. The SMILES string of the molecule is COc1ccc(Nc2cc(C3CC3)nc(NC3CC3)n2)cc1C(F)(F)F. The zero-order chi connectivity index (χ0) is 18.3. The fourth-order valence-corrected chi connectivity index (χ4v) is 2.75. The minimum Gasteiger partial charge on any atom is -0.496 e. The number of anilines is 3. The summed E-state index contributed by atoms with van der Waals surface area (Å²) in [7, 11) is 1.22. The van der Waals surface area contributed by atoms with Crippen molar-refractivity contribution in [3.8, 4) is 5.75 Å². The molecular formula is C18H19F3N4O. The van der Waals surface area contributed by atoms with Crippen LogP contribution in [0.25, 0.3) is 0 Å². The molecule has 4 rings (SSSR count). The molecule has 1 aromatic heterocycles. The Bertz CT molecular complexity index is 817. The molecule has 0 radical (unpaired) electrons. The van der Waals surface area contributed by atoms with Crippen LogP contribution in [-0.2, 0) is 6.18 Å². The van der Waals surface area contributed by atoms with Crippen molar-refractivity contribution in [2.45, 2.75) is 43.8 Å². The maximum Gasteiger partial charge on any atom is 0.420 e. The molecule has 0 bridgehead atoms. The summed E-state index contributed by atoms with van der Waals surface area (Å²) in [5, 5.41) is 6.23. The van der Waals surface area contributed by atoms with E-state index in [0.717, 1.165) is 37.4 Å². The molecule has 2 saturated carbocycles. The normalized spacial score (nSPS) is 17.1. The van der Waals surface area contributed by atoms with Gasteiger partial charge in [-0.2, -0.15) is 18.2 Å². The van der Waals surface area contributed by atoms with Gasteiger partial charge in [0.15, 0.2) is 0 Å². The fourth-order valence-electron chi connectivity index (χ4n) is 2.75. The van der Waals surface area contributed by atoms with E-state index in [9.17, 15) is 13.2 Å². The second-order valence-corrected chi connectivity index (χ2v) is 6.73. The van der Waals surface area contributed by atoms with Crippen LogP contribution in [0.5, 0.6) is 5.75 Å². The van der Waals surface area contributed by atoms with Gasteiger partial charge in [0.2, 0.25) is 5.95 Å². The van der Waals surface area contributed by atoms with Crippen LogP contribution in [0, 0.1) is 0 Å². The number of nitrogens with one attached hydrogen (secondary N) is 2. The predicted molar refractivity (Wildman–Crippen MR) is 91.9 cm³/mol. The maximum atomic E-state index is 13.2. The Morgan fingerprint density at radius 3 is 2.46 bits per heavy atom. The Hall–Kier alpha value is -2.51. The molecule has 0 spiro atoms. The number of rotatable bonds is 6. The van der Waals surface area contributed by atoms with E-state index >= 15 is 0 Å². The number of benzene rings is 1. The van der Waals surface area contributed by atoms with Crippen LogP contribution >= 0.6 is 0 Å². The van der Waals surface area contributed by atoms with E-state index in [2.05, 4.69) is 20.6 Å². The lowest BCUT2D eigenvalue weighted by Gasteiger charge is -2.15. The van der Waals surface area contributed by atoms with Crippen molar-refractivity contribution in [3.63, 3.8) is 0 Å². The van der Waals surface area contributed by atoms with Gasteiger partial charge >= 0.3 is 6.18 Å². The van der Waals surface area contributed by atoms with E-state index in [1.807, 2.05) is 6.07 Å². The van der Waals surface area contributed by atoms with Crippen molar-refractivity contribution in [3.05, 3.63) is 35.5 Å². The van der Waals surface area contributed by atoms with Gasteiger partial charge in [0, 0.05) is 23.7 Å². The highest BCUT2D eigenvalue weighted by molar-refractivity contribution is 5.61. The van der Waals surface area contributed by atoms with Gasteiger partial charge in [-0.05, 0) is 43.9 Å². The third-order valence-corrected chi connectivity index (χ3v) is 4.43. The third kappa shape index (κ3) is 3.84. The van der Waals surface area contributed by atoms with E-state index < -0.39 is 11.7 Å². The Morgan fingerprint density at radius 2 is 1.85 bits per heavy atom. The van der Waals surface area contributed by atoms with E-state index in [-0.39, 0.29) is 5.75 Å². The Kier molecular flexibility index (Phi) is 4.13. The van der Waals surface area contributed by atoms with E-state index in [1.165, 1.54) is 13.2 Å². The first-order valence-corrected chi connectivity index (χ1v) is 8.60. The van der Waals surface area contributed by atoms with Crippen LogP contribution in [0.4, 0.5) is 30.6 Å². The van der Waals surface area contributed by atoms with Crippen LogP contribution in [0.15, 0.2) is 24.3 Å². The second-order valence-electron chi connectivity index (χ2n) is 6.73. The molecule has 1 heterocycles. The molecule has 2 aliphatic carbocycles. The molecule has 138 valence electrons. The first-order chi connectivity index (χ1) is 12.4. The number of hydrogen-bond donors (Lipinski definition) is 2. The van der Waals surface area contributed by atoms with E-state index in [0.29, 0.717) is 29.4 Å². The van der Waals surface area contributed by atoms with Crippen LogP contribution in [-0.4, -0.2) is 23.1 Å². The molecule has 2 N–H and O–H groups in total. The minimum absolute atomic E-state index is 0.208. The second kappa shape index (κ2) is 6.34. The van der Waals surface area contributed by atoms with Gasteiger partial charge in [0.1, 0.15) is 11.6 Å². The number of ether oxygens (including phenoxy) is 1.